The summed E-state index contributed by atoms with van der Waals surface area (Å²) in [7, 11) is 0. The molecule has 0 saturated heterocycles. The van der Waals surface area contributed by atoms with E-state index in [1.54, 1.807) is 24.3 Å². The predicted octanol–water partition coefficient (Wildman–Crippen LogP) is 3.28. The van der Waals surface area contributed by atoms with E-state index in [2.05, 4.69) is 11.3 Å². The smallest absolute Gasteiger partial charge is 0.392 e. The van der Waals surface area contributed by atoms with Gasteiger partial charge in [-0.3, -0.25) is 0 Å². The molecular formula is C13H13F3O2. The quantitative estimate of drug-likeness (QED) is 0.598. The van der Waals surface area contributed by atoms with Crippen molar-refractivity contribution in [3.8, 4) is 0 Å². The van der Waals surface area contributed by atoms with Crippen molar-refractivity contribution in [3.05, 3.63) is 48.0 Å². The molecule has 0 saturated carbocycles. The van der Waals surface area contributed by atoms with Gasteiger partial charge in [0.1, 0.15) is 6.61 Å². The number of hydrogen-bond acceptors (Lipinski definition) is 2. The normalized spacial score (nSPS) is 11.1. The standard InChI is InChI=1S/C13H13F3O2/c1-10(9-11-5-3-2-4-6-11)12(17)18-8-7-13(14,15)16/h2-6H,1,7-9H2. The molecule has 0 atom stereocenters. The highest BCUT2D eigenvalue weighted by Gasteiger charge is 2.27. The first-order valence-electron chi connectivity index (χ1n) is 5.34. The van der Waals surface area contributed by atoms with E-state index >= 15 is 0 Å². The summed E-state index contributed by atoms with van der Waals surface area (Å²) >= 11 is 0. The number of esters is 1. The molecule has 0 bridgehead atoms. The lowest BCUT2D eigenvalue weighted by Gasteiger charge is -2.09. The van der Waals surface area contributed by atoms with Crippen LogP contribution in [0.4, 0.5) is 13.2 Å². The van der Waals surface area contributed by atoms with Crippen LogP contribution in [0.15, 0.2) is 42.5 Å². The monoisotopic (exact) mass is 258 g/mol. The number of hydrogen-bond donors (Lipinski definition) is 0. The van der Waals surface area contributed by atoms with E-state index in [4.69, 9.17) is 0 Å². The molecule has 1 rings (SSSR count). The molecule has 0 radical (unpaired) electrons. The molecule has 0 aliphatic rings. The Hall–Kier alpha value is -1.78. The molecule has 0 fully saturated rings. The van der Waals surface area contributed by atoms with Crippen LogP contribution in [0.3, 0.4) is 0 Å². The van der Waals surface area contributed by atoms with E-state index in [1.807, 2.05) is 6.07 Å². The predicted molar refractivity (Wildman–Crippen MR) is 60.9 cm³/mol. The zero-order valence-corrected chi connectivity index (χ0v) is 9.67. The SMILES string of the molecule is C=C(Cc1ccccc1)C(=O)OCCC(F)(F)F. The molecule has 0 aliphatic carbocycles. The molecular weight excluding hydrogens is 245 g/mol. The van der Waals surface area contributed by atoms with Gasteiger partial charge in [0.05, 0.1) is 6.42 Å². The van der Waals surface area contributed by atoms with Crippen LogP contribution in [0.2, 0.25) is 0 Å². The maximum Gasteiger partial charge on any atom is 0.392 e. The Bertz CT molecular complexity index is 410. The summed E-state index contributed by atoms with van der Waals surface area (Å²) in [6, 6.07) is 9.03. The van der Waals surface area contributed by atoms with Crippen LogP contribution in [0.5, 0.6) is 0 Å². The molecule has 0 spiro atoms. The minimum Gasteiger partial charge on any atom is -0.462 e. The molecule has 0 heterocycles. The summed E-state index contributed by atoms with van der Waals surface area (Å²) in [5.41, 5.74) is 0.999. The van der Waals surface area contributed by atoms with Gasteiger partial charge in [0.15, 0.2) is 0 Å². The number of alkyl halides is 3. The number of carbonyl (C=O) groups excluding carboxylic acids is 1. The third-order valence-corrected chi connectivity index (χ3v) is 2.17. The molecule has 0 unspecified atom stereocenters. The highest BCUT2D eigenvalue weighted by atomic mass is 19.4. The lowest BCUT2D eigenvalue weighted by atomic mass is 10.1. The van der Waals surface area contributed by atoms with E-state index < -0.39 is 25.2 Å². The van der Waals surface area contributed by atoms with E-state index in [0.717, 1.165) is 5.56 Å². The van der Waals surface area contributed by atoms with Crippen LogP contribution in [-0.4, -0.2) is 18.8 Å². The highest BCUT2D eigenvalue weighted by molar-refractivity contribution is 5.88. The molecule has 0 amide bonds. The maximum atomic E-state index is 11.8. The number of ether oxygens (including phenoxy) is 1. The van der Waals surface area contributed by atoms with Crippen LogP contribution in [0, 0.1) is 0 Å². The van der Waals surface area contributed by atoms with Gasteiger partial charge in [-0.25, -0.2) is 4.79 Å². The fourth-order valence-electron chi connectivity index (χ4n) is 1.28. The van der Waals surface area contributed by atoms with Crippen molar-refractivity contribution in [2.24, 2.45) is 0 Å². The molecule has 0 aromatic heterocycles. The first-order valence-corrected chi connectivity index (χ1v) is 5.34. The minimum absolute atomic E-state index is 0.142. The Kier molecular flexibility index (Phi) is 4.95. The number of halogens is 3. The van der Waals surface area contributed by atoms with Gasteiger partial charge in [0, 0.05) is 12.0 Å². The third-order valence-electron chi connectivity index (χ3n) is 2.17. The molecule has 2 nitrogen and oxygen atoms in total. The zero-order valence-electron chi connectivity index (χ0n) is 9.67. The first kappa shape index (κ1) is 14.3. The minimum atomic E-state index is -4.32. The first-order chi connectivity index (χ1) is 8.38. The molecule has 98 valence electrons. The second kappa shape index (κ2) is 6.23. The van der Waals surface area contributed by atoms with Crippen molar-refractivity contribution in [3.63, 3.8) is 0 Å². The lowest BCUT2D eigenvalue weighted by Crippen LogP contribution is -2.16. The van der Waals surface area contributed by atoms with Crippen LogP contribution < -0.4 is 0 Å². The Labute approximate surface area is 103 Å². The topological polar surface area (TPSA) is 26.3 Å². The number of benzene rings is 1. The molecule has 5 heteroatoms. The summed E-state index contributed by atoms with van der Waals surface area (Å²) in [6.45, 7) is 2.84. The van der Waals surface area contributed by atoms with Gasteiger partial charge in [0.25, 0.3) is 0 Å². The second-order valence-electron chi connectivity index (χ2n) is 3.77. The van der Waals surface area contributed by atoms with Crippen molar-refractivity contribution in [1.29, 1.82) is 0 Å². The van der Waals surface area contributed by atoms with Crippen LogP contribution in [-0.2, 0) is 16.0 Å². The van der Waals surface area contributed by atoms with Crippen LogP contribution in [0.25, 0.3) is 0 Å². The van der Waals surface area contributed by atoms with Gasteiger partial charge in [0.2, 0.25) is 0 Å². The Balaban J connectivity index is 2.36. The number of rotatable bonds is 5. The van der Waals surface area contributed by atoms with E-state index in [-0.39, 0.29) is 12.0 Å². The van der Waals surface area contributed by atoms with Crippen molar-refractivity contribution in [2.45, 2.75) is 19.0 Å². The van der Waals surface area contributed by atoms with E-state index in [9.17, 15) is 18.0 Å². The summed E-state index contributed by atoms with van der Waals surface area (Å²) in [6.07, 6.45) is -5.19. The molecule has 0 N–H and O–H groups in total. The van der Waals surface area contributed by atoms with Crippen molar-refractivity contribution < 1.29 is 22.7 Å². The van der Waals surface area contributed by atoms with Crippen LogP contribution >= 0.6 is 0 Å². The van der Waals surface area contributed by atoms with Crippen LogP contribution in [0.1, 0.15) is 12.0 Å². The van der Waals surface area contributed by atoms with Gasteiger partial charge < -0.3 is 4.74 Å². The van der Waals surface area contributed by atoms with Gasteiger partial charge in [-0.2, -0.15) is 13.2 Å². The van der Waals surface area contributed by atoms with Gasteiger partial charge >= 0.3 is 12.1 Å². The average molecular weight is 258 g/mol. The largest absolute Gasteiger partial charge is 0.462 e. The Morgan fingerprint density at radius 2 is 1.83 bits per heavy atom. The number of carbonyl (C=O) groups is 1. The van der Waals surface area contributed by atoms with Crippen molar-refractivity contribution >= 4 is 5.97 Å². The summed E-state index contributed by atoms with van der Waals surface area (Å²) in [4.78, 5) is 11.3. The fraction of sp³-hybridized carbons (Fsp3) is 0.308. The molecule has 0 aliphatic heterocycles. The third kappa shape index (κ3) is 5.52. The second-order valence-corrected chi connectivity index (χ2v) is 3.77. The van der Waals surface area contributed by atoms with Gasteiger partial charge in [-0.05, 0) is 5.56 Å². The summed E-state index contributed by atoms with van der Waals surface area (Å²) < 4.78 is 40.0. The Morgan fingerprint density at radius 3 is 2.39 bits per heavy atom. The average Bonchev–Trinajstić information content (AvgIpc) is 2.28. The molecule has 1 aromatic carbocycles. The van der Waals surface area contributed by atoms with Crippen molar-refractivity contribution in [1.82, 2.24) is 0 Å². The molecule has 18 heavy (non-hydrogen) atoms. The summed E-state index contributed by atoms with van der Waals surface area (Å²) in [5.74, 6) is -0.789. The Morgan fingerprint density at radius 1 is 1.22 bits per heavy atom. The maximum absolute atomic E-state index is 11.8. The summed E-state index contributed by atoms with van der Waals surface area (Å²) in [5, 5.41) is 0. The molecule has 1 aromatic rings. The van der Waals surface area contributed by atoms with E-state index in [1.165, 1.54) is 0 Å². The lowest BCUT2D eigenvalue weighted by molar-refractivity contribution is -0.156. The van der Waals surface area contributed by atoms with Gasteiger partial charge in [-0.15, -0.1) is 0 Å². The fourth-order valence-corrected chi connectivity index (χ4v) is 1.28. The highest BCUT2D eigenvalue weighted by Crippen LogP contribution is 2.19. The van der Waals surface area contributed by atoms with E-state index in [0.29, 0.717) is 0 Å². The van der Waals surface area contributed by atoms with Crippen molar-refractivity contribution in [2.75, 3.05) is 6.61 Å². The zero-order chi connectivity index (χ0) is 13.6. The van der Waals surface area contributed by atoms with Gasteiger partial charge in [-0.1, -0.05) is 36.9 Å².